The first kappa shape index (κ1) is 22.3. The molecular weight excluding hydrogens is 446 g/mol. The number of thioether (sulfide) groups is 1. The number of benzene rings is 3. The van der Waals surface area contributed by atoms with Crippen molar-refractivity contribution in [3.63, 3.8) is 0 Å². The van der Waals surface area contributed by atoms with Gasteiger partial charge >= 0.3 is 0 Å². The van der Waals surface area contributed by atoms with Crippen LogP contribution in [0.25, 0.3) is 11.0 Å². The number of carbonyl (C=O) groups excluding carboxylic acids is 1. The van der Waals surface area contributed by atoms with Crippen molar-refractivity contribution in [3.05, 3.63) is 78.6 Å². The first-order valence-corrected chi connectivity index (χ1v) is 12.5. The first-order chi connectivity index (χ1) is 16.7. The molecule has 3 aromatic carbocycles. The van der Waals surface area contributed by atoms with Crippen molar-refractivity contribution < 1.29 is 14.3 Å². The number of hydrogen-bond acceptors (Lipinski definition) is 5. The maximum Gasteiger partial charge on any atom is 0.227 e. The Morgan fingerprint density at radius 1 is 1.03 bits per heavy atom. The molecule has 5 rings (SSSR count). The lowest BCUT2D eigenvalue weighted by Crippen LogP contribution is -2.24. The van der Waals surface area contributed by atoms with E-state index >= 15 is 0 Å². The normalized spacial score (nSPS) is 15.8. The van der Waals surface area contributed by atoms with Crippen LogP contribution in [0.3, 0.4) is 0 Å². The SMILES string of the molecule is COc1ccc(OCCn2c([C@H]3CC(=O)N(c4cccc(SC)c4)C3)nc3ccccc32)cc1. The molecule has 0 radical (unpaired) electrons. The van der Waals surface area contributed by atoms with Gasteiger partial charge in [-0.3, -0.25) is 4.79 Å². The van der Waals surface area contributed by atoms with Gasteiger partial charge in [0.2, 0.25) is 5.91 Å². The maximum atomic E-state index is 13.0. The summed E-state index contributed by atoms with van der Waals surface area (Å²) >= 11 is 1.68. The van der Waals surface area contributed by atoms with Crippen molar-refractivity contribution in [2.75, 3.05) is 31.4 Å². The molecule has 34 heavy (non-hydrogen) atoms. The van der Waals surface area contributed by atoms with Gasteiger partial charge in [0.05, 0.1) is 24.7 Å². The summed E-state index contributed by atoms with van der Waals surface area (Å²) in [6, 6.07) is 23.9. The lowest BCUT2D eigenvalue weighted by molar-refractivity contribution is -0.117. The second-order valence-corrected chi connectivity index (χ2v) is 9.12. The van der Waals surface area contributed by atoms with Crippen LogP contribution in [-0.2, 0) is 11.3 Å². The molecule has 1 amide bonds. The van der Waals surface area contributed by atoms with Crippen molar-refractivity contribution in [1.82, 2.24) is 9.55 Å². The molecule has 6 nitrogen and oxygen atoms in total. The number of methoxy groups -OCH3 is 1. The van der Waals surface area contributed by atoms with Gasteiger partial charge in [0.25, 0.3) is 0 Å². The molecule has 1 atom stereocenters. The second kappa shape index (κ2) is 9.81. The van der Waals surface area contributed by atoms with Crippen LogP contribution in [0.1, 0.15) is 18.2 Å². The molecule has 0 aliphatic carbocycles. The van der Waals surface area contributed by atoms with Crippen LogP contribution in [0, 0.1) is 0 Å². The Morgan fingerprint density at radius 3 is 2.62 bits per heavy atom. The Labute approximate surface area is 203 Å². The third-order valence-electron chi connectivity index (χ3n) is 6.18. The summed E-state index contributed by atoms with van der Waals surface area (Å²) in [4.78, 5) is 21.0. The van der Waals surface area contributed by atoms with E-state index < -0.39 is 0 Å². The van der Waals surface area contributed by atoms with Crippen molar-refractivity contribution in [2.45, 2.75) is 23.8 Å². The third-order valence-corrected chi connectivity index (χ3v) is 6.91. The standard InChI is InChI=1S/C27H27N3O3S/c1-32-21-10-12-22(13-11-21)33-15-14-29-25-9-4-3-8-24(25)28-27(29)19-16-26(31)30(18-19)20-6-5-7-23(17-20)34-2/h3-13,17,19H,14-16,18H2,1-2H3/t19-/m0/s1. The van der Waals surface area contributed by atoms with Crippen molar-refractivity contribution >= 4 is 34.4 Å². The van der Waals surface area contributed by atoms with Gasteiger partial charge in [-0.2, -0.15) is 0 Å². The fourth-order valence-electron chi connectivity index (χ4n) is 4.48. The topological polar surface area (TPSA) is 56.6 Å². The number of para-hydroxylation sites is 2. The lowest BCUT2D eigenvalue weighted by atomic mass is 10.1. The number of hydrogen-bond donors (Lipinski definition) is 0. The molecular formula is C27H27N3O3S. The smallest absolute Gasteiger partial charge is 0.227 e. The summed E-state index contributed by atoms with van der Waals surface area (Å²) in [5.41, 5.74) is 2.95. The minimum absolute atomic E-state index is 0.0267. The first-order valence-electron chi connectivity index (χ1n) is 11.3. The molecule has 1 saturated heterocycles. The number of anilines is 1. The van der Waals surface area contributed by atoms with Crippen molar-refractivity contribution in [2.24, 2.45) is 0 Å². The maximum absolute atomic E-state index is 13.0. The molecule has 1 aliphatic rings. The monoisotopic (exact) mass is 473 g/mol. The lowest BCUT2D eigenvalue weighted by Gasteiger charge is -2.18. The molecule has 1 fully saturated rings. The van der Waals surface area contributed by atoms with Gasteiger partial charge in [0, 0.05) is 29.5 Å². The number of amides is 1. The highest BCUT2D eigenvalue weighted by atomic mass is 32.2. The number of carbonyl (C=O) groups is 1. The molecule has 1 aliphatic heterocycles. The fraction of sp³-hybridized carbons (Fsp3) is 0.259. The number of rotatable bonds is 8. The predicted octanol–water partition coefficient (Wildman–Crippen LogP) is 5.37. The van der Waals surface area contributed by atoms with E-state index in [9.17, 15) is 4.79 Å². The minimum Gasteiger partial charge on any atom is -0.497 e. The minimum atomic E-state index is 0.0267. The van der Waals surface area contributed by atoms with E-state index in [1.165, 1.54) is 0 Å². The van der Waals surface area contributed by atoms with Gasteiger partial charge < -0.3 is 18.9 Å². The molecule has 0 unspecified atom stereocenters. The molecule has 0 spiro atoms. The van der Waals surface area contributed by atoms with Gasteiger partial charge in [0.15, 0.2) is 0 Å². The van der Waals surface area contributed by atoms with Crippen LogP contribution in [0.2, 0.25) is 0 Å². The Kier molecular flexibility index (Phi) is 6.45. The van der Waals surface area contributed by atoms with E-state index in [4.69, 9.17) is 14.5 Å². The van der Waals surface area contributed by atoms with Crippen molar-refractivity contribution in [3.8, 4) is 11.5 Å². The van der Waals surface area contributed by atoms with Crippen LogP contribution in [0.5, 0.6) is 11.5 Å². The van der Waals surface area contributed by atoms with Gasteiger partial charge in [-0.05, 0) is 60.9 Å². The number of nitrogens with zero attached hydrogens (tertiary/aromatic N) is 3. The Morgan fingerprint density at radius 2 is 1.82 bits per heavy atom. The Bertz CT molecular complexity index is 1300. The quantitative estimate of drug-likeness (QED) is 0.322. The Balaban J connectivity index is 1.37. The zero-order valence-electron chi connectivity index (χ0n) is 19.3. The number of imidazole rings is 1. The average molecular weight is 474 g/mol. The molecule has 174 valence electrons. The molecule has 2 heterocycles. The summed E-state index contributed by atoms with van der Waals surface area (Å²) in [6.45, 7) is 1.77. The largest absolute Gasteiger partial charge is 0.497 e. The summed E-state index contributed by atoms with van der Waals surface area (Å²) in [5.74, 6) is 2.70. The van der Waals surface area contributed by atoms with Crippen LogP contribution in [0.4, 0.5) is 5.69 Å². The molecule has 4 aromatic rings. The zero-order valence-corrected chi connectivity index (χ0v) is 20.1. The summed E-state index contributed by atoms with van der Waals surface area (Å²) < 4.78 is 13.4. The molecule has 0 saturated carbocycles. The fourth-order valence-corrected chi connectivity index (χ4v) is 4.93. The summed E-state index contributed by atoms with van der Waals surface area (Å²) in [5, 5.41) is 0. The molecule has 0 N–H and O–H groups in total. The van der Waals surface area contributed by atoms with E-state index in [1.54, 1.807) is 18.9 Å². The van der Waals surface area contributed by atoms with E-state index in [1.807, 2.05) is 65.8 Å². The van der Waals surface area contributed by atoms with Gasteiger partial charge in [-0.15, -0.1) is 11.8 Å². The zero-order chi connectivity index (χ0) is 23.5. The van der Waals surface area contributed by atoms with Crippen LogP contribution in [0.15, 0.2) is 77.7 Å². The highest BCUT2D eigenvalue weighted by molar-refractivity contribution is 7.98. The van der Waals surface area contributed by atoms with E-state index in [-0.39, 0.29) is 11.8 Å². The molecule has 0 bridgehead atoms. The van der Waals surface area contributed by atoms with E-state index in [0.29, 0.717) is 26.1 Å². The number of fused-ring (bicyclic) bond motifs is 1. The predicted molar refractivity (Wildman–Crippen MR) is 136 cm³/mol. The third kappa shape index (κ3) is 4.48. The summed E-state index contributed by atoms with van der Waals surface area (Å²) in [6.07, 6.45) is 2.50. The number of aromatic nitrogens is 2. The average Bonchev–Trinajstić information content (AvgIpc) is 3.45. The van der Waals surface area contributed by atoms with Crippen LogP contribution < -0.4 is 14.4 Å². The number of ether oxygens (including phenoxy) is 2. The van der Waals surface area contributed by atoms with Gasteiger partial charge in [0.1, 0.15) is 23.9 Å². The van der Waals surface area contributed by atoms with Crippen LogP contribution in [-0.4, -0.2) is 42.0 Å². The van der Waals surface area contributed by atoms with Crippen LogP contribution >= 0.6 is 11.8 Å². The molecule has 1 aromatic heterocycles. The van der Waals surface area contributed by atoms with Crippen molar-refractivity contribution in [1.29, 1.82) is 0 Å². The Hall–Kier alpha value is -3.45. The van der Waals surface area contributed by atoms with E-state index in [2.05, 4.69) is 22.8 Å². The van der Waals surface area contributed by atoms with Gasteiger partial charge in [-0.1, -0.05) is 18.2 Å². The highest BCUT2D eigenvalue weighted by Gasteiger charge is 2.34. The van der Waals surface area contributed by atoms with E-state index in [0.717, 1.165) is 38.9 Å². The highest BCUT2D eigenvalue weighted by Crippen LogP contribution is 2.34. The second-order valence-electron chi connectivity index (χ2n) is 8.24. The summed E-state index contributed by atoms with van der Waals surface area (Å²) in [7, 11) is 1.65. The molecule has 7 heteroatoms. The van der Waals surface area contributed by atoms with Gasteiger partial charge in [-0.25, -0.2) is 4.98 Å².